The molecule has 19 heavy (non-hydrogen) atoms. The van der Waals surface area contributed by atoms with Gasteiger partial charge in [-0.3, -0.25) is 9.78 Å². The zero-order valence-electron chi connectivity index (χ0n) is 11.3. The minimum Gasteiger partial charge on any atom is -0.325 e. The fraction of sp³-hybridized carbons (Fsp3) is 0.250. The molecule has 0 amide bonds. The minimum atomic E-state index is 0.0992. The first kappa shape index (κ1) is 13.4. The van der Waals surface area contributed by atoms with E-state index in [0.717, 1.165) is 11.3 Å². The van der Waals surface area contributed by atoms with E-state index in [1.165, 1.54) is 11.1 Å². The van der Waals surface area contributed by atoms with Gasteiger partial charge in [0.15, 0.2) is 5.78 Å². The molecule has 98 valence electrons. The van der Waals surface area contributed by atoms with Crippen LogP contribution in [-0.2, 0) is 13.0 Å². The lowest BCUT2D eigenvalue weighted by molar-refractivity contribution is 0.0993. The van der Waals surface area contributed by atoms with Crippen LogP contribution in [0.3, 0.4) is 0 Å². The van der Waals surface area contributed by atoms with E-state index in [1.54, 1.807) is 18.3 Å². The number of Topliss-reactive ketones (excluding diaryl/α,β-unsaturated/α-hetero) is 1. The number of nitrogens with two attached hydrogens (primary N) is 1. The minimum absolute atomic E-state index is 0.0992. The summed E-state index contributed by atoms with van der Waals surface area (Å²) in [6.45, 7) is 4.44. The molecule has 2 aromatic rings. The van der Waals surface area contributed by atoms with Crippen molar-refractivity contribution in [2.45, 2.75) is 26.8 Å². The molecule has 3 heteroatoms. The number of carbonyl (C=O) groups excluding carboxylic acids is 1. The van der Waals surface area contributed by atoms with Crippen molar-refractivity contribution in [3.8, 4) is 0 Å². The maximum absolute atomic E-state index is 12.2. The molecule has 3 nitrogen and oxygen atoms in total. The quantitative estimate of drug-likeness (QED) is 0.853. The van der Waals surface area contributed by atoms with Gasteiger partial charge in [0.1, 0.15) is 0 Å². The molecule has 0 spiro atoms. The van der Waals surface area contributed by atoms with Gasteiger partial charge >= 0.3 is 0 Å². The topological polar surface area (TPSA) is 56.0 Å². The monoisotopic (exact) mass is 254 g/mol. The van der Waals surface area contributed by atoms with E-state index in [-0.39, 0.29) is 5.78 Å². The third-order valence-electron chi connectivity index (χ3n) is 2.99. The van der Waals surface area contributed by atoms with Crippen molar-refractivity contribution < 1.29 is 4.79 Å². The van der Waals surface area contributed by atoms with E-state index < -0.39 is 0 Å². The average molecular weight is 254 g/mol. The summed E-state index contributed by atoms with van der Waals surface area (Å²) < 4.78 is 0. The van der Waals surface area contributed by atoms with Crippen molar-refractivity contribution in [3.05, 3.63) is 64.5 Å². The van der Waals surface area contributed by atoms with Crippen LogP contribution in [0.5, 0.6) is 0 Å². The van der Waals surface area contributed by atoms with Crippen LogP contribution in [0.4, 0.5) is 0 Å². The summed E-state index contributed by atoms with van der Waals surface area (Å²) in [5.74, 6) is 0.0992. The second kappa shape index (κ2) is 5.76. The Balaban J connectivity index is 2.20. The predicted octanol–water partition coefficient (Wildman–Crippen LogP) is 2.58. The van der Waals surface area contributed by atoms with Crippen LogP contribution in [0.15, 0.2) is 36.5 Å². The van der Waals surface area contributed by atoms with Gasteiger partial charge in [-0.25, -0.2) is 0 Å². The third kappa shape index (κ3) is 3.48. The Morgan fingerprint density at radius 1 is 1.16 bits per heavy atom. The Hall–Kier alpha value is -2.00. The summed E-state index contributed by atoms with van der Waals surface area (Å²) in [4.78, 5) is 16.3. The molecule has 0 saturated heterocycles. The Labute approximate surface area is 113 Å². The number of aromatic nitrogens is 1. The van der Waals surface area contributed by atoms with Gasteiger partial charge in [0, 0.05) is 24.7 Å². The van der Waals surface area contributed by atoms with E-state index in [0.29, 0.717) is 18.5 Å². The summed E-state index contributed by atoms with van der Waals surface area (Å²) >= 11 is 0. The van der Waals surface area contributed by atoms with Gasteiger partial charge in [-0.15, -0.1) is 0 Å². The van der Waals surface area contributed by atoms with Crippen molar-refractivity contribution >= 4 is 5.78 Å². The zero-order chi connectivity index (χ0) is 13.8. The van der Waals surface area contributed by atoms with Gasteiger partial charge in [0.25, 0.3) is 0 Å². The van der Waals surface area contributed by atoms with Gasteiger partial charge in [-0.1, -0.05) is 29.3 Å². The fourth-order valence-corrected chi connectivity index (χ4v) is 2.22. The molecular weight excluding hydrogens is 236 g/mol. The summed E-state index contributed by atoms with van der Waals surface area (Å²) in [6.07, 6.45) is 2.05. The van der Waals surface area contributed by atoms with Crippen LogP contribution >= 0.6 is 0 Å². The smallest absolute Gasteiger partial charge is 0.167 e. The largest absolute Gasteiger partial charge is 0.325 e. The van der Waals surface area contributed by atoms with E-state index in [4.69, 9.17) is 5.73 Å². The Kier molecular flexibility index (Phi) is 4.07. The lowest BCUT2D eigenvalue weighted by Crippen LogP contribution is -2.07. The van der Waals surface area contributed by atoms with Crippen LogP contribution in [0.25, 0.3) is 0 Å². The van der Waals surface area contributed by atoms with E-state index in [2.05, 4.69) is 23.2 Å². The Bertz CT molecular complexity index is 585. The first-order valence-corrected chi connectivity index (χ1v) is 6.34. The molecule has 0 radical (unpaired) electrons. The lowest BCUT2D eigenvalue weighted by Gasteiger charge is -2.05. The normalized spacial score (nSPS) is 10.5. The van der Waals surface area contributed by atoms with Crippen LogP contribution < -0.4 is 5.73 Å². The number of hydrogen-bond donors (Lipinski definition) is 1. The highest BCUT2D eigenvalue weighted by molar-refractivity contribution is 5.97. The second-order valence-electron chi connectivity index (χ2n) is 4.84. The van der Waals surface area contributed by atoms with Gasteiger partial charge in [0.2, 0.25) is 0 Å². The number of nitrogens with zero attached hydrogens (tertiary/aromatic N) is 1. The number of benzene rings is 1. The number of pyridine rings is 1. The maximum atomic E-state index is 12.2. The van der Waals surface area contributed by atoms with Gasteiger partial charge in [-0.2, -0.15) is 0 Å². The zero-order valence-corrected chi connectivity index (χ0v) is 11.3. The van der Waals surface area contributed by atoms with Gasteiger partial charge < -0.3 is 5.73 Å². The predicted molar refractivity (Wildman–Crippen MR) is 76.1 cm³/mol. The van der Waals surface area contributed by atoms with Crippen LogP contribution in [-0.4, -0.2) is 10.8 Å². The molecule has 0 fully saturated rings. The molecule has 0 aliphatic rings. The molecule has 2 N–H and O–H groups in total. The molecular formula is C16H18N2O. The number of rotatable bonds is 4. The maximum Gasteiger partial charge on any atom is 0.167 e. The molecule has 0 atom stereocenters. The molecule has 0 saturated carbocycles. The van der Waals surface area contributed by atoms with Crippen molar-refractivity contribution in [1.82, 2.24) is 4.98 Å². The Morgan fingerprint density at radius 3 is 2.47 bits per heavy atom. The van der Waals surface area contributed by atoms with Gasteiger partial charge in [-0.05, 0) is 31.5 Å². The first-order chi connectivity index (χ1) is 9.08. The number of carbonyl (C=O) groups is 1. The summed E-state index contributed by atoms with van der Waals surface area (Å²) in [5, 5.41) is 0. The first-order valence-electron chi connectivity index (χ1n) is 6.34. The number of aryl methyl sites for hydroxylation is 2. The molecule has 0 bridgehead atoms. The summed E-state index contributed by atoms with van der Waals surface area (Å²) in [7, 11) is 0. The molecule has 2 rings (SSSR count). The van der Waals surface area contributed by atoms with Crippen LogP contribution in [0, 0.1) is 13.8 Å². The highest BCUT2D eigenvalue weighted by Gasteiger charge is 2.08. The number of ketones is 1. The molecule has 0 aliphatic heterocycles. The van der Waals surface area contributed by atoms with Crippen LogP contribution in [0.1, 0.15) is 32.7 Å². The van der Waals surface area contributed by atoms with Crippen molar-refractivity contribution in [3.63, 3.8) is 0 Å². The second-order valence-corrected chi connectivity index (χ2v) is 4.84. The Morgan fingerprint density at radius 2 is 1.84 bits per heavy atom. The van der Waals surface area contributed by atoms with Crippen molar-refractivity contribution in [2.24, 2.45) is 5.73 Å². The standard InChI is InChI=1S/C16H18N2O/c1-11-5-12(2)7-13(6-11)8-16(19)14-3-4-18-15(9-14)10-17/h3-7,9H,8,10,17H2,1-2H3. The average Bonchev–Trinajstić information content (AvgIpc) is 2.37. The van der Waals surface area contributed by atoms with Crippen LogP contribution in [0.2, 0.25) is 0 Å². The van der Waals surface area contributed by atoms with E-state index in [9.17, 15) is 4.79 Å². The number of hydrogen-bond acceptors (Lipinski definition) is 3. The van der Waals surface area contributed by atoms with Crippen molar-refractivity contribution in [1.29, 1.82) is 0 Å². The molecule has 1 aromatic heterocycles. The van der Waals surface area contributed by atoms with E-state index in [1.807, 2.05) is 13.8 Å². The molecule has 0 aliphatic carbocycles. The molecule has 1 aromatic carbocycles. The molecule has 1 heterocycles. The highest BCUT2D eigenvalue weighted by Crippen LogP contribution is 2.12. The SMILES string of the molecule is Cc1cc(C)cc(CC(=O)c2ccnc(CN)c2)c1. The van der Waals surface area contributed by atoms with Gasteiger partial charge in [0.05, 0.1) is 5.69 Å². The van der Waals surface area contributed by atoms with Crippen molar-refractivity contribution in [2.75, 3.05) is 0 Å². The highest BCUT2D eigenvalue weighted by atomic mass is 16.1. The molecule has 0 unspecified atom stereocenters. The van der Waals surface area contributed by atoms with E-state index >= 15 is 0 Å². The summed E-state index contributed by atoms with van der Waals surface area (Å²) in [5.41, 5.74) is 10.4. The summed E-state index contributed by atoms with van der Waals surface area (Å²) in [6, 6.07) is 9.72. The lowest BCUT2D eigenvalue weighted by atomic mass is 10.00. The fourth-order valence-electron chi connectivity index (χ4n) is 2.22. The third-order valence-corrected chi connectivity index (χ3v) is 2.99.